The average Bonchev–Trinajstić information content (AvgIpc) is 2.49. The number of nitrogens with one attached hydrogen (secondary N) is 1. The van der Waals surface area contributed by atoms with E-state index in [1.165, 1.54) is 0 Å². The summed E-state index contributed by atoms with van der Waals surface area (Å²) in [5, 5.41) is 2.76. The second-order valence-corrected chi connectivity index (χ2v) is 4.65. The number of hydrogen-bond donors (Lipinski definition) is 1. The summed E-state index contributed by atoms with van der Waals surface area (Å²) in [5.41, 5.74) is 1.08. The number of amides is 1. The highest BCUT2D eigenvalue weighted by Gasteiger charge is 2.21. The fourth-order valence-electron chi connectivity index (χ4n) is 1.70. The van der Waals surface area contributed by atoms with Gasteiger partial charge in [-0.15, -0.1) is 11.6 Å². The van der Waals surface area contributed by atoms with Gasteiger partial charge < -0.3 is 10.1 Å². The van der Waals surface area contributed by atoms with Crippen LogP contribution in [-0.4, -0.2) is 24.2 Å². The Morgan fingerprint density at radius 1 is 1.56 bits per heavy atom. The Morgan fingerprint density at radius 2 is 2.33 bits per heavy atom. The number of anilines is 1. The lowest BCUT2D eigenvalue weighted by atomic mass is 10.1. The van der Waals surface area contributed by atoms with E-state index in [0.29, 0.717) is 23.6 Å². The first kappa shape index (κ1) is 12.9. The van der Waals surface area contributed by atoms with Crippen molar-refractivity contribution in [1.29, 1.82) is 0 Å². The summed E-state index contributed by atoms with van der Waals surface area (Å²) in [5.74, 6) is 0.528. The average molecular weight is 268 g/mol. The first-order valence-electron chi connectivity index (χ1n) is 5.78. The van der Waals surface area contributed by atoms with Crippen LogP contribution < -0.4 is 10.1 Å². The number of ketones is 1. The van der Waals surface area contributed by atoms with Gasteiger partial charge in [0.15, 0.2) is 5.78 Å². The molecule has 96 valence electrons. The molecule has 1 aromatic rings. The molecule has 0 aliphatic carbocycles. The number of ether oxygens (including phenoxy) is 1. The molecule has 1 N–H and O–H groups in total. The largest absolute Gasteiger partial charge is 0.491 e. The summed E-state index contributed by atoms with van der Waals surface area (Å²) in [4.78, 5) is 23.4. The number of Topliss-reactive ketones (excluding diaryl/α,β-unsaturated/α-hetero) is 1. The van der Waals surface area contributed by atoms with E-state index in [4.69, 9.17) is 16.3 Å². The van der Waals surface area contributed by atoms with Crippen molar-refractivity contribution in [2.75, 3.05) is 17.8 Å². The Hall–Kier alpha value is -1.55. The standard InChI is InChI=1S/C13H14ClNO3/c1-8-7-18-12-3-2-9(11(16)4-5-14)6-10(12)15-13(8)17/h2-3,6,8H,4-5,7H2,1H3,(H,15,17). The zero-order valence-corrected chi connectivity index (χ0v) is 10.8. The topological polar surface area (TPSA) is 55.4 Å². The van der Waals surface area contributed by atoms with E-state index < -0.39 is 0 Å². The Balaban J connectivity index is 2.29. The molecule has 0 spiro atoms. The Morgan fingerprint density at radius 3 is 3.06 bits per heavy atom. The SMILES string of the molecule is CC1COc2ccc(C(=O)CCCl)cc2NC1=O. The lowest BCUT2D eigenvalue weighted by Crippen LogP contribution is -2.22. The van der Waals surface area contributed by atoms with Gasteiger partial charge in [-0.2, -0.15) is 0 Å². The van der Waals surface area contributed by atoms with Crippen LogP contribution in [0.5, 0.6) is 5.75 Å². The van der Waals surface area contributed by atoms with Crippen molar-refractivity contribution < 1.29 is 14.3 Å². The molecule has 0 bridgehead atoms. The third kappa shape index (κ3) is 2.64. The summed E-state index contributed by atoms with van der Waals surface area (Å²) in [6.45, 7) is 2.13. The number of fused-ring (bicyclic) bond motifs is 1. The van der Waals surface area contributed by atoms with E-state index in [-0.39, 0.29) is 29.9 Å². The number of halogens is 1. The van der Waals surface area contributed by atoms with E-state index in [9.17, 15) is 9.59 Å². The molecular weight excluding hydrogens is 254 g/mol. The molecule has 1 heterocycles. The normalized spacial score (nSPS) is 18.3. The monoisotopic (exact) mass is 267 g/mol. The van der Waals surface area contributed by atoms with Crippen LogP contribution >= 0.6 is 11.6 Å². The molecule has 5 heteroatoms. The molecule has 0 radical (unpaired) electrons. The number of benzene rings is 1. The molecule has 1 amide bonds. The van der Waals surface area contributed by atoms with Crippen molar-refractivity contribution in [2.45, 2.75) is 13.3 Å². The quantitative estimate of drug-likeness (QED) is 0.676. The van der Waals surface area contributed by atoms with Gasteiger partial charge in [-0.3, -0.25) is 9.59 Å². The van der Waals surface area contributed by atoms with Crippen LogP contribution in [0.25, 0.3) is 0 Å². The number of rotatable bonds is 3. The molecular formula is C13H14ClNO3. The molecule has 4 nitrogen and oxygen atoms in total. The maximum Gasteiger partial charge on any atom is 0.230 e. The van der Waals surface area contributed by atoms with Crippen LogP contribution in [0.4, 0.5) is 5.69 Å². The summed E-state index contributed by atoms with van der Waals surface area (Å²) in [6.07, 6.45) is 0.283. The van der Waals surface area contributed by atoms with E-state index in [1.807, 2.05) is 0 Å². The summed E-state index contributed by atoms with van der Waals surface area (Å²) < 4.78 is 5.51. The van der Waals surface area contributed by atoms with Gasteiger partial charge in [0, 0.05) is 17.9 Å². The molecule has 0 saturated carbocycles. The molecule has 0 fully saturated rings. The summed E-state index contributed by atoms with van der Waals surface area (Å²) in [6, 6.07) is 5.03. The van der Waals surface area contributed by atoms with E-state index in [0.717, 1.165) is 0 Å². The van der Waals surface area contributed by atoms with Gasteiger partial charge in [0.25, 0.3) is 0 Å². The molecule has 1 unspecified atom stereocenters. The third-order valence-electron chi connectivity index (χ3n) is 2.82. The van der Waals surface area contributed by atoms with Crippen molar-refractivity contribution in [3.63, 3.8) is 0 Å². The highest BCUT2D eigenvalue weighted by atomic mass is 35.5. The predicted molar refractivity (Wildman–Crippen MR) is 69.4 cm³/mol. The Labute approximate surface area is 110 Å². The van der Waals surface area contributed by atoms with Crippen molar-refractivity contribution in [1.82, 2.24) is 0 Å². The molecule has 1 aliphatic rings. The van der Waals surface area contributed by atoms with Crippen LogP contribution in [0, 0.1) is 5.92 Å². The second kappa shape index (κ2) is 5.40. The highest BCUT2D eigenvalue weighted by Crippen LogP contribution is 2.29. The second-order valence-electron chi connectivity index (χ2n) is 4.27. The number of carbonyl (C=O) groups excluding carboxylic acids is 2. The van der Waals surface area contributed by atoms with Crippen molar-refractivity contribution in [3.05, 3.63) is 23.8 Å². The number of hydrogen-bond acceptors (Lipinski definition) is 3. The number of carbonyl (C=O) groups is 2. The highest BCUT2D eigenvalue weighted by molar-refractivity contribution is 6.19. The number of alkyl halides is 1. The van der Waals surface area contributed by atoms with Gasteiger partial charge in [0.05, 0.1) is 18.2 Å². The zero-order chi connectivity index (χ0) is 13.1. The smallest absolute Gasteiger partial charge is 0.230 e. The maximum absolute atomic E-state index is 11.7. The van der Waals surface area contributed by atoms with E-state index in [2.05, 4.69) is 5.32 Å². The van der Waals surface area contributed by atoms with Gasteiger partial charge in [-0.05, 0) is 18.2 Å². The fourth-order valence-corrected chi connectivity index (χ4v) is 1.88. The molecule has 2 rings (SSSR count). The van der Waals surface area contributed by atoms with Crippen LogP contribution in [0.1, 0.15) is 23.7 Å². The van der Waals surface area contributed by atoms with Crippen molar-refractivity contribution in [3.8, 4) is 5.75 Å². The lowest BCUT2D eigenvalue weighted by Gasteiger charge is -2.08. The molecule has 1 aromatic carbocycles. The molecule has 18 heavy (non-hydrogen) atoms. The van der Waals surface area contributed by atoms with Crippen molar-refractivity contribution >= 4 is 29.0 Å². The van der Waals surface area contributed by atoms with Crippen LogP contribution in [-0.2, 0) is 4.79 Å². The van der Waals surface area contributed by atoms with Crippen LogP contribution in [0.15, 0.2) is 18.2 Å². The molecule has 1 aliphatic heterocycles. The minimum atomic E-state index is -0.209. The Bertz CT molecular complexity index is 487. The third-order valence-corrected chi connectivity index (χ3v) is 3.01. The minimum absolute atomic E-state index is 0.0423. The van der Waals surface area contributed by atoms with Gasteiger partial charge in [0.1, 0.15) is 5.75 Å². The predicted octanol–water partition coefficient (Wildman–Crippen LogP) is 2.47. The first-order chi connectivity index (χ1) is 8.61. The first-order valence-corrected chi connectivity index (χ1v) is 6.32. The molecule has 0 aromatic heterocycles. The summed E-state index contributed by atoms with van der Waals surface area (Å²) in [7, 11) is 0. The van der Waals surface area contributed by atoms with Gasteiger partial charge in [-0.25, -0.2) is 0 Å². The van der Waals surface area contributed by atoms with E-state index in [1.54, 1.807) is 25.1 Å². The van der Waals surface area contributed by atoms with Crippen LogP contribution in [0.3, 0.4) is 0 Å². The molecule has 1 atom stereocenters. The summed E-state index contributed by atoms with van der Waals surface area (Å²) >= 11 is 5.54. The maximum atomic E-state index is 11.7. The molecule has 0 saturated heterocycles. The van der Waals surface area contributed by atoms with Gasteiger partial charge >= 0.3 is 0 Å². The van der Waals surface area contributed by atoms with Crippen molar-refractivity contribution in [2.24, 2.45) is 5.92 Å². The van der Waals surface area contributed by atoms with Gasteiger partial charge in [-0.1, -0.05) is 6.92 Å². The van der Waals surface area contributed by atoms with E-state index >= 15 is 0 Å². The zero-order valence-electron chi connectivity index (χ0n) is 10.0. The van der Waals surface area contributed by atoms with Gasteiger partial charge in [0.2, 0.25) is 5.91 Å². The van der Waals surface area contributed by atoms with Crippen LogP contribution in [0.2, 0.25) is 0 Å². The minimum Gasteiger partial charge on any atom is -0.491 e. The lowest BCUT2D eigenvalue weighted by molar-refractivity contribution is -0.119. The Kier molecular flexibility index (Phi) is 3.87. The fraction of sp³-hybridized carbons (Fsp3) is 0.385.